The summed E-state index contributed by atoms with van der Waals surface area (Å²) in [7, 11) is 0. The van der Waals surface area contributed by atoms with Crippen molar-refractivity contribution in [3.63, 3.8) is 0 Å². The molecule has 0 spiro atoms. The summed E-state index contributed by atoms with van der Waals surface area (Å²) in [5.74, 6) is 0.241. The van der Waals surface area contributed by atoms with Crippen LogP contribution in [0.15, 0.2) is 10.5 Å². The number of carbonyl (C=O) groups is 1. The minimum absolute atomic E-state index is 0.241. The zero-order valence-corrected chi connectivity index (χ0v) is 11.4. The molecule has 14 heavy (non-hydrogen) atoms. The average Bonchev–Trinajstić information content (AvgIpc) is 2.44. The van der Waals surface area contributed by atoms with Gasteiger partial charge in [0.2, 0.25) is 0 Å². The van der Waals surface area contributed by atoms with Crippen LogP contribution in [0.2, 0.25) is 0 Å². The summed E-state index contributed by atoms with van der Waals surface area (Å²) in [6.45, 7) is 8.06. The number of hydrogen-bond acceptors (Lipinski definition) is 2. The van der Waals surface area contributed by atoms with Crippen LogP contribution in [0.5, 0.6) is 0 Å². The maximum Gasteiger partial charge on any atom is 0.179 e. The van der Waals surface area contributed by atoms with Gasteiger partial charge in [-0.25, -0.2) is 0 Å². The van der Waals surface area contributed by atoms with Crippen molar-refractivity contribution in [1.82, 2.24) is 0 Å². The van der Waals surface area contributed by atoms with Crippen LogP contribution in [0.4, 0.5) is 0 Å². The van der Waals surface area contributed by atoms with Crippen molar-refractivity contribution in [3.05, 3.63) is 20.3 Å². The van der Waals surface area contributed by atoms with Gasteiger partial charge >= 0.3 is 0 Å². The van der Waals surface area contributed by atoms with Crippen molar-refractivity contribution in [2.24, 2.45) is 5.41 Å². The van der Waals surface area contributed by atoms with Gasteiger partial charge < -0.3 is 0 Å². The van der Waals surface area contributed by atoms with Crippen molar-refractivity contribution in [2.75, 3.05) is 0 Å². The molecule has 1 nitrogen and oxygen atoms in total. The molecule has 0 radical (unpaired) electrons. The van der Waals surface area contributed by atoms with E-state index in [0.29, 0.717) is 0 Å². The van der Waals surface area contributed by atoms with Gasteiger partial charge in [-0.3, -0.25) is 4.79 Å². The van der Waals surface area contributed by atoms with Gasteiger partial charge in [0, 0.05) is 14.8 Å². The molecule has 1 aromatic heterocycles. The van der Waals surface area contributed by atoms with Gasteiger partial charge in [0.05, 0.1) is 4.88 Å². The molecule has 0 atom stereocenters. The number of thiophene rings is 1. The standard InChI is InChI=1S/C11H15BrOS/c1-5-11(3,4)10(13)9-8(12)6-7(2)14-9/h6H,5H2,1-4H3. The molecule has 0 unspecified atom stereocenters. The summed E-state index contributed by atoms with van der Waals surface area (Å²) in [4.78, 5) is 14.1. The molecule has 0 amide bonds. The lowest BCUT2D eigenvalue weighted by molar-refractivity contribution is 0.0837. The number of carbonyl (C=O) groups excluding carboxylic acids is 1. The number of halogens is 1. The second-order valence-corrected chi connectivity index (χ2v) is 6.21. The minimum atomic E-state index is -0.250. The Morgan fingerprint density at radius 2 is 2.14 bits per heavy atom. The third kappa shape index (κ3) is 2.26. The second kappa shape index (κ2) is 4.15. The lowest BCUT2D eigenvalue weighted by atomic mass is 9.85. The van der Waals surface area contributed by atoms with Gasteiger partial charge in [-0.2, -0.15) is 0 Å². The SMILES string of the molecule is CCC(C)(C)C(=O)c1sc(C)cc1Br. The van der Waals surface area contributed by atoms with Crippen molar-refractivity contribution in [3.8, 4) is 0 Å². The Labute approximate surface area is 97.7 Å². The Balaban J connectivity index is 3.06. The maximum atomic E-state index is 12.1. The van der Waals surface area contributed by atoms with Crippen molar-refractivity contribution in [2.45, 2.75) is 34.1 Å². The summed E-state index contributed by atoms with van der Waals surface area (Å²) in [6.07, 6.45) is 0.870. The Kier molecular flexibility index (Phi) is 3.53. The predicted octanol–water partition coefficient (Wildman–Crippen LogP) is 4.44. The molecule has 3 heteroatoms. The first kappa shape index (κ1) is 11.9. The first-order chi connectivity index (χ1) is 6.38. The number of hydrogen-bond donors (Lipinski definition) is 0. The molecule has 1 heterocycles. The van der Waals surface area contributed by atoms with Crippen LogP contribution in [0, 0.1) is 12.3 Å². The van der Waals surface area contributed by atoms with Crippen LogP contribution >= 0.6 is 27.3 Å². The molecule has 0 bridgehead atoms. The predicted molar refractivity (Wildman–Crippen MR) is 65.2 cm³/mol. The van der Waals surface area contributed by atoms with Crippen LogP contribution in [0.3, 0.4) is 0 Å². The molecule has 0 aliphatic carbocycles. The zero-order chi connectivity index (χ0) is 10.9. The van der Waals surface area contributed by atoms with Crippen LogP contribution < -0.4 is 0 Å². The van der Waals surface area contributed by atoms with Gasteiger partial charge in [0.1, 0.15) is 0 Å². The van der Waals surface area contributed by atoms with E-state index in [1.165, 1.54) is 4.88 Å². The minimum Gasteiger partial charge on any atom is -0.293 e. The first-order valence-electron chi connectivity index (χ1n) is 4.69. The first-order valence-corrected chi connectivity index (χ1v) is 6.30. The van der Waals surface area contributed by atoms with E-state index in [9.17, 15) is 4.79 Å². The molecule has 0 aliphatic heterocycles. The fourth-order valence-corrected chi connectivity index (χ4v) is 3.05. The molecule has 1 aromatic rings. The second-order valence-electron chi connectivity index (χ2n) is 4.10. The topological polar surface area (TPSA) is 17.1 Å². The van der Waals surface area contributed by atoms with Gasteiger partial charge in [-0.05, 0) is 35.3 Å². The van der Waals surface area contributed by atoms with E-state index >= 15 is 0 Å². The normalized spacial score (nSPS) is 11.8. The number of ketones is 1. The monoisotopic (exact) mass is 274 g/mol. The summed E-state index contributed by atoms with van der Waals surface area (Å²) < 4.78 is 0.937. The van der Waals surface area contributed by atoms with E-state index in [4.69, 9.17) is 0 Å². The highest BCUT2D eigenvalue weighted by molar-refractivity contribution is 9.10. The van der Waals surface area contributed by atoms with Crippen molar-refractivity contribution < 1.29 is 4.79 Å². The molecule has 1 rings (SSSR count). The van der Waals surface area contributed by atoms with E-state index in [0.717, 1.165) is 15.8 Å². The van der Waals surface area contributed by atoms with E-state index in [2.05, 4.69) is 15.9 Å². The van der Waals surface area contributed by atoms with Crippen LogP contribution in [-0.2, 0) is 0 Å². The van der Waals surface area contributed by atoms with E-state index in [-0.39, 0.29) is 11.2 Å². The summed E-state index contributed by atoms with van der Waals surface area (Å²) in [6, 6.07) is 2.00. The smallest absolute Gasteiger partial charge is 0.179 e. The van der Waals surface area contributed by atoms with Crippen LogP contribution in [0.25, 0.3) is 0 Å². The Bertz CT molecular complexity index is 352. The summed E-state index contributed by atoms with van der Waals surface area (Å²) in [5.41, 5.74) is -0.250. The Morgan fingerprint density at radius 1 is 1.57 bits per heavy atom. The van der Waals surface area contributed by atoms with Gasteiger partial charge in [0.25, 0.3) is 0 Å². The summed E-state index contributed by atoms with van der Waals surface area (Å²) in [5, 5.41) is 0. The van der Waals surface area contributed by atoms with E-state index < -0.39 is 0 Å². The zero-order valence-electron chi connectivity index (χ0n) is 8.98. The lowest BCUT2D eigenvalue weighted by Crippen LogP contribution is -2.22. The molecular formula is C11H15BrOS. The van der Waals surface area contributed by atoms with E-state index in [1.807, 2.05) is 33.8 Å². The Hall–Kier alpha value is -0.150. The highest BCUT2D eigenvalue weighted by Gasteiger charge is 2.29. The van der Waals surface area contributed by atoms with Crippen LogP contribution in [0.1, 0.15) is 41.7 Å². The number of rotatable bonds is 3. The quantitative estimate of drug-likeness (QED) is 0.745. The number of aryl methyl sites for hydroxylation is 1. The largest absolute Gasteiger partial charge is 0.293 e. The Morgan fingerprint density at radius 3 is 2.50 bits per heavy atom. The molecular weight excluding hydrogens is 260 g/mol. The highest BCUT2D eigenvalue weighted by atomic mass is 79.9. The highest BCUT2D eigenvalue weighted by Crippen LogP contribution is 2.34. The molecule has 0 fully saturated rings. The molecule has 0 saturated carbocycles. The molecule has 78 valence electrons. The molecule has 0 saturated heterocycles. The number of Topliss-reactive ketones (excluding diaryl/α,β-unsaturated/α-hetero) is 1. The summed E-state index contributed by atoms with van der Waals surface area (Å²) >= 11 is 5.00. The lowest BCUT2D eigenvalue weighted by Gasteiger charge is -2.19. The fourth-order valence-electron chi connectivity index (χ4n) is 1.11. The van der Waals surface area contributed by atoms with Gasteiger partial charge in [-0.1, -0.05) is 20.8 Å². The van der Waals surface area contributed by atoms with E-state index in [1.54, 1.807) is 11.3 Å². The third-order valence-electron chi connectivity index (χ3n) is 2.51. The molecule has 0 N–H and O–H groups in total. The van der Waals surface area contributed by atoms with Gasteiger partial charge in [0.15, 0.2) is 5.78 Å². The van der Waals surface area contributed by atoms with Crippen LogP contribution in [-0.4, -0.2) is 5.78 Å². The maximum absolute atomic E-state index is 12.1. The third-order valence-corrected chi connectivity index (χ3v) is 4.45. The molecule has 0 aromatic carbocycles. The average molecular weight is 275 g/mol. The van der Waals surface area contributed by atoms with Crippen molar-refractivity contribution >= 4 is 33.0 Å². The molecule has 0 aliphatic rings. The fraction of sp³-hybridized carbons (Fsp3) is 0.545. The van der Waals surface area contributed by atoms with Gasteiger partial charge in [-0.15, -0.1) is 11.3 Å². The van der Waals surface area contributed by atoms with Crippen molar-refractivity contribution in [1.29, 1.82) is 0 Å².